The standard InChI is InChI=1S/C31H34N6O2/c1-25(38)37-15-6-14-34(21-26-7-3-2-4-8-26)17-18-36(31(39)23-35-16-13-33-24-35)22-29-19-27(10-11-30(29)37)28-9-5-12-32-20-28/h2-5,7-13,16,19-20,24H,6,14-15,17-18,21-23H2,1H3. The molecule has 2 aromatic carbocycles. The van der Waals surface area contributed by atoms with Gasteiger partial charge in [-0.2, -0.15) is 0 Å². The number of fused-ring (bicyclic) bond motifs is 1. The summed E-state index contributed by atoms with van der Waals surface area (Å²) in [5, 5.41) is 0. The summed E-state index contributed by atoms with van der Waals surface area (Å²) in [4.78, 5) is 41.0. The summed E-state index contributed by atoms with van der Waals surface area (Å²) in [6, 6.07) is 20.5. The Balaban J connectivity index is 1.49. The van der Waals surface area contributed by atoms with Gasteiger partial charge in [0.1, 0.15) is 6.54 Å². The van der Waals surface area contributed by atoms with E-state index in [0.29, 0.717) is 19.6 Å². The third kappa shape index (κ3) is 6.78. The Bertz CT molecular complexity index is 1370. The third-order valence-electron chi connectivity index (χ3n) is 7.13. The summed E-state index contributed by atoms with van der Waals surface area (Å²) in [6.07, 6.45) is 9.57. The Morgan fingerprint density at radius 2 is 1.74 bits per heavy atom. The second kappa shape index (κ2) is 12.5. The molecule has 0 aliphatic carbocycles. The number of amides is 2. The van der Waals surface area contributed by atoms with E-state index >= 15 is 0 Å². The fourth-order valence-electron chi connectivity index (χ4n) is 5.10. The van der Waals surface area contributed by atoms with E-state index in [1.165, 1.54) is 5.56 Å². The van der Waals surface area contributed by atoms with Crippen LogP contribution in [0.25, 0.3) is 11.1 Å². The van der Waals surface area contributed by atoms with E-state index in [4.69, 9.17) is 0 Å². The Morgan fingerprint density at radius 1 is 0.872 bits per heavy atom. The lowest BCUT2D eigenvalue weighted by molar-refractivity contribution is -0.132. The second-order valence-corrected chi connectivity index (χ2v) is 9.92. The number of hydrogen-bond acceptors (Lipinski definition) is 5. The Morgan fingerprint density at radius 3 is 2.49 bits per heavy atom. The van der Waals surface area contributed by atoms with Crippen LogP contribution in [0.3, 0.4) is 0 Å². The molecule has 1 aliphatic heterocycles. The molecule has 39 heavy (non-hydrogen) atoms. The van der Waals surface area contributed by atoms with Gasteiger partial charge in [0, 0.05) is 76.7 Å². The Hall–Kier alpha value is -4.30. The number of anilines is 1. The number of hydrogen-bond donors (Lipinski definition) is 0. The van der Waals surface area contributed by atoms with E-state index in [1.54, 1.807) is 36.4 Å². The minimum Gasteiger partial charge on any atom is -0.335 e. The highest BCUT2D eigenvalue weighted by molar-refractivity contribution is 5.93. The van der Waals surface area contributed by atoms with Crippen LogP contribution in [0.15, 0.2) is 91.8 Å². The number of nitrogens with zero attached hydrogens (tertiary/aromatic N) is 6. The number of rotatable bonds is 5. The number of aromatic nitrogens is 3. The molecule has 0 saturated carbocycles. The zero-order valence-electron chi connectivity index (χ0n) is 22.3. The summed E-state index contributed by atoms with van der Waals surface area (Å²) in [5.41, 5.74) is 5.04. The molecule has 5 rings (SSSR count). The molecule has 0 fully saturated rings. The van der Waals surface area contributed by atoms with Gasteiger partial charge in [-0.25, -0.2) is 4.98 Å². The molecule has 200 valence electrons. The Kier molecular flexibility index (Phi) is 8.43. The average Bonchev–Trinajstić information content (AvgIpc) is 3.46. The van der Waals surface area contributed by atoms with Crippen LogP contribution in [-0.2, 0) is 29.2 Å². The van der Waals surface area contributed by atoms with Crippen LogP contribution >= 0.6 is 0 Å². The van der Waals surface area contributed by atoms with Crippen molar-refractivity contribution in [1.29, 1.82) is 0 Å². The lowest BCUT2D eigenvalue weighted by Gasteiger charge is -2.28. The molecular weight excluding hydrogens is 488 g/mol. The topological polar surface area (TPSA) is 74.6 Å². The van der Waals surface area contributed by atoms with Crippen LogP contribution in [0, 0.1) is 0 Å². The van der Waals surface area contributed by atoms with Crippen molar-refractivity contribution in [2.75, 3.05) is 31.1 Å². The lowest BCUT2D eigenvalue weighted by Crippen LogP contribution is -2.39. The van der Waals surface area contributed by atoms with E-state index in [9.17, 15) is 9.59 Å². The van der Waals surface area contributed by atoms with E-state index in [1.807, 2.05) is 46.3 Å². The highest BCUT2D eigenvalue weighted by Gasteiger charge is 2.23. The molecule has 1 aliphatic rings. The number of benzene rings is 2. The van der Waals surface area contributed by atoms with Crippen molar-refractivity contribution in [1.82, 2.24) is 24.3 Å². The van der Waals surface area contributed by atoms with Crippen molar-refractivity contribution in [2.24, 2.45) is 0 Å². The third-order valence-corrected chi connectivity index (χ3v) is 7.13. The van der Waals surface area contributed by atoms with E-state index in [0.717, 1.165) is 48.4 Å². The van der Waals surface area contributed by atoms with Crippen molar-refractivity contribution < 1.29 is 9.59 Å². The second-order valence-electron chi connectivity index (χ2n) is 9.92. The minimum absolute atomic E-state index is 0.00414. The predicted octanol–water partition coefficient (Wildman–Crippen LogP) is 4.23. The smallest absolute Gasteiger partial charge is 0.242 e. The molecule has 8 nitrogen and oxygen atoms in total. The van der Waals surface area contributed by atoms with Crippen LogP contribution in [0.2, 0.25) is 0 Å². The SMILES string of the molecule is CC(=O)N1CCCN(Cc2ccccc2)CCN(C(=O)Cn2ccnc2)Cc2cc(-c3cccnc3)ccc21. The summed E-state index contributed by atoms with van der Waals surface area (Å²) < 4.78 is 1.80. The number of pyridine rings is 1. The Labute approximate surface area is 229 Å². The van der Waals surface area contributed by atoms with Gasteiger partial charge in [-0.3, -0.25) is 19.5 Å². The van der Waals surface area contributed by atoms with Crippen molar-refractivity contribution in [3.63, 3.8) is 0 Å². The quantitative estimate of drug-likeness (QED) is 0.392. The van der Waals surface area contributed by atoms with Crippen molar-refractivity contribution in [3.8, 4) is 11.1 Å². The molecule has 0 unspecified atom stereocenters. The molecule has 0 atom stereocenters. The molecule has 8 heteroatoms. The molecule has 3 heterocycles. The first kappa shape index (κ1) is 26.3. The molecule has 2 aromatic heterocycles. The maximum atomic E-state index is 13.6. The predicted molar refractivity (Wildman–Crippen MR) is 152 cm³/mol. The molecule has 2 amide bonds. The van der Waals surface area contributed by atoms with Crippen molar-refractivity contribution in [2.45, 2.75) is 33.0 Å². The lowest BCUT2D eigenvalue weighted by atomic mass is 10.0. The van der Waals surface area contributed by atoms with Gasteiger partial charge in [0.15, 0.2) is 0 Å². The van der Waals surface area contributed by atoms with Gasteiger partial charge >= 0.3 is 0 Å². The normalized spacial score (nSPS) is 14.9. The van der Waals surface area contributed by atoms with Gasteiger partial charge in [-0.15, -0.1) is 0 Å². The fourth-order valence-corrected chi connectivity index (χ4v) is 5.10. The van der Waals surface area contributed by atoms with E-state index in [-0.39, 0.29) is 18.4 Å². The average molecular weight is 523 g/mol. The largest absolute Gasteiger partial charge is 0.335 e. The first-order valence-corrected chi connectivity index (χ1v) is 13.4. The molecule has 0 saturated heterocycles. The van der Waals surface area contributed by atoms with Gasteiger partial charge in [-0.05, 0) is 46.9 Å². The van der Waals surface area contributed by atoms with Crippen LogP contribution in [0.1, 0.15) is 24.5 Å². The van der Waals surface area contributed by atoms with Crippen molar-refractivity contribution >= 4 is 17.5 Å². The zero-order valence-corrected chi connectivity index (χ0v) is 22.3. The van der Waals surface area contributed by atoms with Crippen molar-refractivity contribution in [3.05, 3.63) is 103 Å². The molecule has 0 radical (unpaired) electrons. The fraction of sp³-hybridized carbons (Fsp3) is 0.290. The monoisotopic (exact) mass is 522 g/mol. The van der Waals surface area contributed by atoms with Gasteiger partial charge in [-0.1, -0.05) is 42.5 Å². The van der Waals surface area contributed by atoms with Gasteiger partial charge in [0.2, 0.25) is 11.8 Å². The first-order valence-electron chi connectivity index (χ1n) is 13.4. The summed E-state index contributed by atoms with van der Waals surface area (Å²) in [5.74, 6) is 0.00883. The number of imidazole rings is 1. The summed E-state index contributed by atoms with van der Waals surface area (Å²) in [6.45, 7) is 5.78. The number of carbonyl (C=O) groups is 2. The summed E-state index contributed by atoms with van der Waals surface area (Å²) in [7, 11) is 0. The van der Waals surface area contributed by atoms with Crippen LogP contribution in [0.4, 0.5) is 5.69 Å². The first-order chi connectivity index (χ1) is 19.1. The van der Waals surface area contributed by atoms with Crippen LogP contribution < -0.4 is 4.90 Å². The molecule has 0 bridgehead atoms. The maximum Gasteiger partial charge on any atom is 0.242 e. The van der Waals surface area contributed by atoms with E-state index in [2.05, 4.69) is 45.2 Å². The molecule has 0 spiro atoms. The molecule has 4 aromatic rings. The maximum absolute atomic E-state index is 13.6. The highest BCUT2D eigenvalue weighted by Crippen LogP contribution is 2.29. The minimum atomic E-state index is -0.00414. The van der Waals surface area contributed by atoms with E-state index < -0.39 is 0 Å². The van der Waals surface area contributed by atoms with Gasteiger partial charge in [0.05, 0.1) is 6.33 Å². The molecule has 0 N–H and O–H groups in total. The van der Waals surface area contributed by atoms with Gasteiger partial charge < -0.3 is 14.4 Å². The highest BCUT2D eigenvalue weighted by atomic mass is 16.2. The van der Waals surface area contributed by atoms with Crippen LogP contribution in [0.5, 0.6) is 0 Å². The van der Waals surface area contributed by atoms with Crippen LogP contribution in [-0.4, -0.2) is 62.3 Å². The van der Waals surface area contributed by atoms with Gasteiger partial charge in [0.25, 0.3) is 0 Å². The number of carbonyl (C=O) groups excluding carboxylic acids is 2. The summed E-state index contributed by atoms with van der Waals surface area (Å²) >= 11 is 0. The molecular formula is C31H34N6O2. The zero-order chi connectivity index (χ0) is 27.0.